The minimum absolute atomic E-state index is 0.251. The number of carbonyl (C=O) groups excluding carboxylic acids is 2. The van der Waals surface area contributed by atoms with Gasteiger partial charge >= 0.3 is 0 Å². The third-order valence-electron chi connectivity index (χ3n) is 4.31. The number of guanidine groups is 1. The van der Waals surface area contributed by atoms with Crippen LogP contribution in [-0.4, -0.2) is 56.0 Å². The van der Waals surface area contributed by atoms with Gasteiger partial charge in [0, 0.05) is 33.3 Å². The van der Waals surface area contributed by atoms with Gasteiger partial charge in [-0.1, -0.05) is 12.1 Å². The molecule has 8 heteroatoms. The fraction of sp³-hybridized carbons (Fsp3) is 0.350. The third kappa shape index (κ3) is 4.77. The number of amides is 2. The maximum Gasteiger partial charge on any atom is 0.261 e. The number of carbonyl (C=O) groups is 2. The van der Waals surface area contributed by atoms with Crippen LogP contribution in [0, 0.1) is 0 Å². The number of fused-ring (bicyclic) bond motifs is 1. The van der Waals surface area contributed by atoms with Crippen LogP contribution in [0.5, 0.6) is 0 Å². The second-order valence-electron chi connectivity index (χ2n) is 6.22. The lowest BCUT2D eigenvalue weighted by atomic mass is 10.1. The number of nitrogens with zero attached hydrogens (tertiary/aromatic N) is 2. The first-order valence-corrected chi connectivity index (χ1v) is 9.20. The second-order valence-corrected chi connectivity index (χ2v) is 6.22. The first-order chi connectivity index (χ1) is 13.7. The minimum Gasteiger partial charge on any atom is -0.467 e. The predicted octanol–water partition coefficient (Wildman–Crippen LogP) is 1.65. The molecule has 0 saturated carbocycles. The normalized spacial score (nSPS) is 13.8. The molecule has 0 unspecified atom stereocenters. The molecule has 1 aliphatic rings. The van der Waals surface area contributed by atoms with Crippen molar-refractivity contribution in [3.63, 3.8) is 0 Å². The minimum atomic E-state index is -0.251. The van der Waals surface area contributed by atoms with Gasteiger partial charge in [0.05, 0.1) is 17.4 Å². The number of ether oxygens (including phenoxy) is 1. The Kier molecular flexibility index (Phi) is 6.80. The zero-order valence-electron chi connectivity index (χ0n) is 15.8. The van der Waals surface area contributed by atoms with E-state index in [1.165, 1.54) is 4.90 Å². The number of imide groups is 1. The van der Waals surface area contributed by atoms with Crippen molar-refractivity contribution in [1.29, 1.82) is 0 Å². The van der Waals surface area contributed by atoms with E-state index in [-0.39, 0.29) is 18.4 Å². The number of hydrogen-bond acceptors (Lipinski definition) is 5. The van der Waals surface area contributed by atoms with Gasteiger partial charge in [-0.15, -0.1) is 0 Å². The smallest absolute Gasteiger partial charge is 0.261 e. The van der Waals surface area contributed by atoms with Crippen LogP contribution >= 0.6 is 0 Å². The fourth-order valence-electron chi connectivity index (χ4n) is 2.90. The van der Waals surface area contributed by atoms with E-state index in [4.69, 9.17) is 9.15 Å². The summed E-state index contributed by atoms with van der Waals surface area (Å²) in [6, 6.07) is 10.6. The van der Waals surface area contributed by atoms with Crippen molar-refractivity contribution in [2.75, 3.05) is 33.3 Å². The molecule has 0 atom stereocenters. The van der Waals surface area contributed by atoms with E-state index in [0.29, 0.717) is 43.4 Å². The van der Waals surface area contributed by atoms with Crippen molar-refractivity contribution >= 4 is 17.8 Å². The first kappa shape index (κ1) is 19.6. The summed E-state index contributed by atoms with van der Waals surface area (Å²) in [6.45, 7) is 2.43. The van der Waals surface area contributed by atoms with Crippen LogP contribution in [0.4, 0.5) is 0 Å². The Morgan fingerprint density at radius 1 is 1.07 bits per heavy atom. The van der Waals surface area contributed by atoms with E-state index >= 15 is 0 Å². The highest BCUT2D eigenvalue weighted by Crippen LogP contribution is 2.21. The molecule has 8 nitrogen and oxygen atoms in total. The molecule has 3 rings (SSSR count). The maximum atomic E-state index is 12.3. The van der Waals surface area contributed by atoms with Crippen molar-refractivity contribution in [2.24, 2.45) is 4.99 Å². The van der Waals surface area contributed by atoms with Gasteiger partial charge in [0.15, 0.2) is 5.96 Å². The fourth-order valence-corrected chi connectivity index (χ4v) is 2.90. The van der Waals surface area contributed by atoms with Gasteiger partial charge in [-0.2, -0.15) is 0 Å². The molecule has 0 saturated heterocycles. The molecule has 2 N–H and O–H groups in total. The molecule has 0 fully saturated rings. The molecule has 2 aromatic rings. The standard InChI is InChI=1S/C20H24N4O4/c1-21-20(22-9-5-12-27-14-15-6-4-13-28-15)23-10-11-24-18(25)16-7-2-3-8-17(16)19(24)26/h2-4,6-8,13H,5,9-12,14H2,1H3,(H2,21,22,23). The van der Waals surface area contributed by atoms with Crippen LogP contribution in [0.25, 0.3) is 0 Å². The number of nitrogens with one attached hydrogen (secondary N) is 2. The highest BCUT2D eigenvalue weighted by Gasteiger charge is 2.34. The topological polar surface area (TPSA) is 96.2 Å². The van der Waals surface area contributed by atoms with Crippen LogP contribution < -0.4 is 10.6 Å². The Labute approximate surface area is 163 Å². The summed E-state index contributed by atoms with van der Waals surface area (Å²) < 4.78 is 10.7. The number of furan rings is 1. The lowest BCUT2D eigenvalue weighted by molar-refractivity contribution is 0.0657. The van der Waals surface area contributed by atoms with Crippen molar-refractivity contribution in [3.8, 4) is 0 Å². The summed E-state index contributed by atoms with van der Waals surface area (Å²) in [7, 11) is 1.67. The first-order valence-electron chi connectivity index (χ1n) is 9.20. The van der Waals surface area contributed by atoms with Crippen LogP contribution in [0.1, 0.15) is 32.9 Å². The van der Waals surface area contributed by atoms with E-state index in [1.807, 2.05) is 12.1 Å². The Morgan fingerprint density at radius 3 is 2.43 bits per heavy atom. The van der Waals surface area contributed by atoms with Gasteiger partial charge in [-0.3, -0.25) is 19.5 Å². The molecule has 1 aromatic carbocycles. The van der Waals surface area contributed by atoms with Crippen LogP contribution in [0.2, 0.25) is 0 Å². The Balaban J connectivity index is 1.32. The van der Waals surface area contributed by atoms with E-state index in [2.05, 4.69) is 15.6 Å². The average Bonchev–Trinajstić information content (AvgIpc) is 3.32. The molecule has 2 amide bonds. The molecule has 28 heavy (non-hydrogen) atoms. The van der Waals surface area contributed by atoms with Crippen molar-refractivity contribution in [2.45, 2.75) is 13.0 Å². The molecular formula is C20H24N4O4. The summed E-state index contributed by atoms with van der Waals surface area (Å²) in [6.07, 6.45) is 2.43. The lowest BCUT2D eigenvalue weighted by Crippen LogP contribution is -2.43. The molecular weight excluding hydrogens is 360 g/mol. The SMILES string of the molecule is CN=C(NCCCOCc1ccco1)NCCN1C(=O)c2ccccc2C1=O. The third-order valence-corrected chi connectivity index (χ3v) is 4.31. The zero-order chi connectivity index (χ0) is 19.8. The molecule has 148 valence electrons. The van der Waals surface area contributed by atoms with E-state index in [9.17, 15) is 9.59 Å². The maximum absolute atomic E-state index is 12.3. The highest BCUT2D eigenvalue weighted by atomic mass is 16.5. The van der Waals surface area contributed by atoms with E-state index < -0.39 is 0 Å². The Bertz CT molecular complexity index is 797. The summed E-state index contributed by atoms with van der Waals surface area (Å²) in [5, 5.41) is 6.29. The van der Waals surface area contributed by atoms with E-state index in [0.717, 1.165) is 12.2 Å². The summed E-state index contributed by atoms with van der Waals surface area (Å²) in [5.74, 6) is 0.916. The summed E-state index contributed by atoms with van der Waals surface area (Å²) in [5.41, 5.74) is 0.925. The lowest BCUT2D eigenvalue weighted by Gasteiger charge is -2.16. The van der Waals surface area contributed by atoms with Gasteiger partial charge in [-0.25, -0.2) is 0 Å². The number of hydrogen-bond donors (Lipinski definition) is 2. The van der Waals surface area contributed by atoms with Crippen molar-refractivity contribution in [3.05, 3.63) is 59.5 Å². The Hall–Kier alpha value is -3.13. The molecule has 1 aliphatic heterocycles. The summed E-state index contributed by atoms with van der Waals surface area (Å²) in [4.78, 5) is 30.0. The van der Waals surface area contributed by atoms with E-state index in [1.54, 1.807) is 37.6 Å². The molecule has 0 aliphatic carbocycles. The van der Waals surface area contributed by atoms with Crippen LogP contribution in [-0.2, 0) is 11.3 Å². The van der Waals surface area contributed by atoms with Crippen LogP contribution in [0.15, 0.2) is 52.1 Å². The zero-order valence-corrected chi connectivity index (χ0v) is 15.8. The second kappa shape index (κ2) is 9.70. The Morgan fingerprint density at radius 2 is 1.79 bits per heavy atom. The number of benzene rings is 1. The molecule has 0 bridgehead atoms. The largest absolute Gasteiger partial charge is 0.467 e. The molecule has 0 radical (unpaired) electrons. The molecule has 2 heterocycles. The van der Waals surface area contributed by atoms with Gasteiger partial charge in [-0.05, 0) is 30.7 Å². The summed E-state index contributed by atoms with van der Waals surface area (Å²) >= 11 is 0. The quantitative estimate of drug-likeness (QED) is 0.295. The van der Waals surface area contributed by atoms with Gasteiger partial charge in [0.25, 0.3) is 11.8 Å². The van der Waals surface area contributed by atoms with Crippen molar-refractivity contribution < 1.29 is 18.7 Å². The number of aliphatic imine (C=N–C) groups is 1. The van der Waals surface area contributed by atoms with Gasteiger partial charge in [0.1, 0.15) is 12.4 Å². The molecule has 1 aromatic heterocycles. The average molecular weight is 384 g/mol. The van der Waals surface area contributed by atoms with Gasteiger partial charge < -0.3 is 19.8 Å². The number of rotatable bonds is 9. The molecule has 0 spiro atoms. The van der Waals surface area contributed by atoms with Crippen LogP contribution in [0.3, 0.4) is 0 Å². The van der Waals surface area contributed by atoms with Crippen molar-refractivity contribution in [1.82, 2.24) is 15.5 Å². The predicted molar refractivity (Wildman–Crippen MR) is 104 cm³/mol. The highest BCUT2D eigenvalue weighted by molar-refractivity contribution is 6.21. The monoisotopic (exact) mass is 384 g/mol. The van der Waals surface area contributed by atoms with Gasteiger partial charge in [0.2, 0.25) is 0 Å².